The van der Waals surface area contributed by atoms with Gasteiger partial charge in [0.25, 0.3) is 0 Å². The molecule has 0 fully saturated rings. The molecule has 0 atom stereocenters. The van der Waals surface area contributed by atoms with Gasteiger partial charge in [-0.05, 0) is 50.6 Å². The first-order chi connectivity index (χ1) is 23.8. The Kier molecular flexibility index (Phi) is 7.92. The molecule has 0 aliphatic carbocycles. The van der Waals surface area contributed by atoms with Crippen LogP contribution in [0.4, 0.5) is 0 Å². The van der Waals surface area contributed by atoms with Crippen LogP contribution in [0.15, 0.2) is 188 Å². The summed E-state index contributed by atoms with van der Waals surface area (Å²) in [5.74, 6) is 1.97. The highest BCUT2D eigenvalue weighted by Crippen LogP contribution is 2.31. The second kappa shape index (κ2) is 13.1. The topological polar surface area (TPSA) is 38.7 Å². The minimum atomic E-state index is 0.651. The smallest absolute Gasteiger partial charge is 0.164 e. The number of nitrogens with zero attached hydrogens (tertiary/aromatic N) is 3. The minimum absolute atomic E-state index is 0.651. The van der Waals surface area contributed by atoms with Gasteiger partial charge in [-0.2, -0.15) is 0 Å². The summed E-state index contributed by atoms with van der Waals surface area (Å²) in [5, 5.41) is 0. The molecule has 0 radical (unpaired) electrons. The molecular formula is C45H31N3. The fraction of sp³-hybridized carbons (Fsp3) is 0. The number of hydrogen-bond acceptors (Lipinski definition) is 3. The van der Waals surface area contributed by atoms with Crippen LogP contribution in [-0.4, -0.2) is 15.0 Å². The molecule has 0 spiro atoms. The quantitative estimate of drug-likeness (QED) is 0.179. The minimum Gasteiger partial charge on any atom is -0.208 e. The second-order valence-electron chi connectivity index (χ2n) is 11.7. The summed E-state index contributed by atoms with van der Waals surface area (Å²) in [6.45, 7) is 0. The molecule has 0 bridgehead atoms. The van der Waals surface area contributed by atoms with Crippen molar-refractivity contribution >= 4 is 0 Å². The molecule has 0 unspecified atom stereocenters. The van der Waals surface area contributed by atoms with Gasteiger partial charge in [-0.1, -0.05) is 182 Å². The van der Waals surface area contributed by atoms with Crippen LogP contribution in [-0.2, 0) is 0 Å². The van der Waals surface area contributed by atoms with E-state index in [-0.39, 0.29) is 0 Å². The lowest BCUT2D eigenvalue weighted by atomic mass is 9.96. The van der Waals surface area contributed by atoms with E-state index in [0.717, 1.165) is 27.8 Å². The molecule has 0 saturated heterocycles. The lowest BCUT2D eigenvalue weighted by molar-refractivity contribution is 1.07. The predicted molar refractivity (Wildman–Crippen MR) is 198 cm³/mol. The molecular weight excluding hydrogens is 583 g/mol. The Morgan fingerprint density at radius 2 is 0.417 bits per heavy atom. The maximum absolute atomic E-state index is 4.88. The summed E-state index contributed by atoms with van der Waals surface area (Å²) in [4.78, 5) is 14.6. The summed E-state index contributed by atoms with van der Waals surface area (Å²) in [7, 11) is 0. The van der Waals surface area contributed by atoms with Gasteiger partial charge in [-0.25, -0.2) is 15.0 Å². The lowest BCUT2D eigenvalue weighted by Crippen LogP contribution is -2.00. The molecule has 0 amide bonds. The highest BCUT2D eigenvalue weighted by Gasteiger charge is 2.12. The van der Waals surface area contributed by atoms with E-state index in [1.807, 2.05) is 66.7 Å². The Labute approximate surface area is 280 Å². The van der Waals surface area contributed by atoms with Crippen molar-refractivity contribution in [1.29, 1.82) is 0 Å². The third kappa shape index (κ3) is 6.18. The lowest BCUT2D eigenvalue weighted by Gasteiger charge is -2.10. The van der Waals surface area contributed by atoms with E-state index in [4.69, 9.17) is 15.0 Å². The van der Waals surface area contributed by atoms with Crippen molar-refractivity contribution < 1.29 is 0 Å². The van der Waals surface area contributed by atoms with Gasteiger partial charge in [0.2, 0.25) is 0 Å². The van der Waals surface area contributed by atoms with Crippen LogP contribution in [0.5, 0.6) is 0 Å². The molecule has 7 aromatic carbocycles. The van der Waals surface area contributed by atoms with Crippen LogP contribution in [0.2, 0.25) is 0 Å². The molecule has 226 valence electrons. The summed E-state index contributed by atoms with van der Waals surface area (Å²) in [6, 6.07) is 65.4. The van der Waals surface area contributed by atoms with E-state index in [1.54, 1.807) is 0 Å². The molecule has 1 heterocycles. The van der Waals surface area contributed by atoms with Gasteiger partial charge in [-0.15, -0.1) is 0 Å². The Morgan fingerprint density at radius 3 is 0.771 bits per heavy atom. The van der Waals surface area contributed by atoms with Crippen molar-refractivity contribution in [2.45, 2.75) is 0 Å². The van der Waals surface area contributed by atoms with Gasteiger partial charge in [-0.3, -0.25) is 0 Å². The van der Waals surface area contributed by atoms with Crippen molar-refractivity contribution in [3.8, 4) is 78.7 Å². The molecule has 0 aliphatic heterocycles. The Hall–Kier alpha value is -6.45. The highest BCUT2D eigenvalue weighted by molar-refractivity contribution is 5.77. The zero-order valence-electron chi connectivity index (χ0n) is 26.2. The number of hydrogen-bond donors (Lipinski definition) is 0. The van der Waals surface area contributed by atoms with Crippen LogP contribution in [0.1, 0.15) is 0 Å². The van der Waals surface area contributed by atoms with E-state index >= 15 is 0 Å². The first kappa shape index (κ1) is 29.0. The fourth-order valence-electron chi connectivity index (χ4n) is 5.97. The van der Waals surface area contributed by atoms with Gasteiger partial charge in [0, 0.05) is 16.7 Å². The zero-order chi connectivity index (χ0) is 32.1. The Morgan fingerprint density at radius 1 is 0.188 bits per heavy atom. The number of aromatic nitrogens is 3. The first-order valence-electron chi connectivity index (χ1n) is 16.1. The predicted octanol–water partition coefficient (Wildman–Crippen LogP) is 11.5. The van der Waals surface area contributed by atoms with Crippen LogP contribution >= 0.6 is 0 Å². The maximum Gasteiger partial charge on any atom is 0.164 e. The second-order valence-corrected chi connectivity index (χ2v) is 11.7. The molecule has 48 heavy (non-hydrogen) atoms. The third-order valence-corrected chi connectivity index (χ3v) is 8.58. The average Bonchev–Trinajstić information content (AvgIpc) is 3.19. The molecule has 1 aromatic heterocycles. The van der Waals surface area contributed by atoms with Crippen molar-refractivity contribution in [2.75, 3.05) is 0 Å². The van der Waals surface area contributed by atoms with Crippen LogP contribution in [0.25, 0.3) is 78.7 Å². The number of benzene rings is 7. The van der Waals surface area contributed by atoms with Crippen molar-refractivity contribution in [1.82, 2.24) is 15.0 Å². The van der Waals surface area contributed by atoms with E-state index < -0.39 is 0 Å². The molecule has 3 heteroatoms. The molecule has 8 rings (SSSR count). The zero-order valence-corrected chi connectivity index (χ0v) is 26.2. The average molecular weight is 614 g/mol. The van der Waals surface area contributed by atoms with Crippen LogP contribution < -0.4 is 0 Å². The summed E-state index contributed by atoms with van der Waals surface area (Å²) < 4.78 is 0. The standard InChI is InChI=1S/C45H31N3/c1-4-11-32(12-5-1)33-19-21-34(22-20-33)35-23-25-36(26-24-35)41-17-10-18-42(31-41)37-27-29-40(30-28-37)45-47-43(38-13-6-2-7-14-38)46-44(48-45)39-15-8-3-9-16-39/h1-31H. The monoisotopic (exact) mass is 613 g/mol. The van der Waals surface area contributed by atoms with E-state index in [0.29, 0.717) is 17.5 Å². The Balaban J connectivity index is 1.05. The Bertz CT molecular complexity index is 2220. The maximum atomic E-state index is 4.88. The summed E-state index contributed by atoms with van der Waals surface area (Å²) in [5.41, 5.74) is 12.4. The molecule has 8 aromatic rings. The fourth-order valence-corrected chi connectivity index (χ4v) is 5.97. The van der Waals surface area contributed by atoms with Gasteiger partial charge in [0.1, 0.15) is 0 Å². The highest BCUT2D eigenvalue weighted by atomic mass is 15.0. The van der Waals surface area contributed by atoms with Crippen LogP contribution in [0.3, 0.4) is 0 Å². The summed E-state index contributed by atoms with van der Waals surface area (Å²) in [6.07, 6.45) is 0. The largest absolute Gasteiger partial charge is 0.208 e. The first-order valence-corrected chi connectivity index (χ1v) is 16.1. The normalized spacial score (nSPS) is 10.9. The molecule has 0 saturated carbocycles. The third-order valence-electron chi connectivity index (χ3n) is 8.58. The van der Waals surface area contributed by atoms with E-state index in [2.05, 4.69) is 121 Å². The van der Waals surface area contributed by atoms with E-state index in [1.165, 1.54) is 33.4 Å². The van der Waals surface area contributed by atoms with Crippen molar-refractivity contribution in [3.05, 3.63) is 188 Å². The van der Waals surface area contributed by atoms with Crippen LogP contribution in [0, 0.1) is 0 Å². The molecule has 3 nitrogen and oxygen atoms in total. The number of rotatable bonds is 7. The van der Waals surface area contributed by atoms with Gasteiger partial charge in [0.15, 0.2) is 17.5 Å². The molecule has 0 N–H and O–H groups in total. The van der Waals surface area contributed by atoms with Gasteiger partial charge < -0.3 is 0 Å². The van der Waals surface area contributed by atoms with Crippen molar-refractivity contribution in [3.63, 3.8) is 0 Å². The van der Waals surface area contributed by atoms with Gasteiger partial charge in [0.05, 0.1) is 0 Å². The van der Waals surface area contributed by atoms with E-state index in [9.17, 15) is 0 Å². The SMILES string of the molecule is c1ccc(-c2ccc(-c3ccc(-c4cccc(-c5ccc(-c6nc(-c7ccccc7)nc(-c7ccccc7)n6)cc5)c4)cc3)cc2)cc1. The van der Waals surface area contributed by atoms with Gasteiger partial charge >= 0.3 is 0 Å². The molecule has 0 aliphatic rings. The summed E-state index contributed by atoms with van der Waals surface area (Å²) >= 11 is 0. The van der Waals surface area contributed by atoms with Crippen molar-refractivity contribution in [2.24, 2.45) is 0 Å².